The highest BCUT2D eigenvalue weighted by atomic mass is 35.5. The molecule has 0 radical (unpaired) electrons. The number of nitro groups is 1. The Bertz CT molecular complexity index is 1180. The maximum Gasteiger partial charge on any atom is 0.312 e. The number of nitro benzene ring substituents is 1. The topological polar surface area (TPSA) is 129 Å². The number of hydrogen-bond donors (Lipinski definition) is 0. The van der Waals surface area contributed by atoms with Gasteiger partial charge in [-0.05, 0) is 36.4 Å². The Kier molecular flexibility index (Phi) is 6.88. The lowest BCUT2D eigenvalue weighted by Crippen LogP contribution is -2.30. The van der Waals surface area contributed by atoms with Gasteiger partial charge < -0.3 is 9.26 Å². The minimum Gasteiger partial charge on any atom is -0.477 e. The normalized spacial score (nSPS) is 11.6. The van der Waals surface area contributed by atoms with Crippen molar-refractivity contribution in [1.29, 1.82) is 0 Å². The third kappa shape index (κ3) is 5.01. The average molecular weight is 467 g/mol. The first-order valence-electron chi connectivity index (χ1n) is 9.26. The van der Waals surface area contributed by atoms with Crippen LogP contribution in [0, 0.1) is 10.1 Å². The number of aromatic nitrogens is 2. The van der Waals surface area contributed by atoms with Crippen LogP contribution in [0.5, 0.6) is 5.75 Å². The van der Waals surface area contributed by atoms with E-state index < -0.39 is 20.6 Å². The summed E-state index contributed by atoms with van der Waals surface area (Å²) >= 11 is 5.86. The Hall–Kier alpha value is -3.02. The van der Waals surface area contributed by atoms with E-state index in [-0.39, 0.29) is 36.2 Å². The Morgan fingerprint density at radius 3 is 2.45 bits per heavy atom. The van der Waals surface area contributed by atoms with Gasteiger partial charge in [0.15, 0.2) is 12.4 Å². The smallest absolute Gasteiger partial charge is 0.312 e. The molecule has 10 nitrogen and oxygen atoms in total. The SMILES string of the molecule is CCN(CC)S(=O)(=O)c1ccc(OCc2nc(-c3ccc(Cl)cc3)no2)c([N+](=O)[O-])c1. The molecule has 0 spiro atoms. The van der Waals surface area contributed by atoms with Crippen LogP contribution >= 0.6 is 11.6 Å². The standard InChI is InChI=1S/C19H19ClN4O6S/c1-3-23(4-2)31(27,28)15-9-10-17(16(11-15)24(25)26)29-12-18-21-19(22-30-18)13-5-7-14(20)8-6-13/h5-11H,3-4,12H2,1-2H3. The van der Waals surface area contributed by atoms with Crippen LogP contribution < -0.4 is 4.74 Å². The second-order valence-electron chi connectivity index (χ2n) is 6.28. The third-order valence-corrected chi connectivity index (χ3v) is 6.69. The molecule has 0 saturated heterocycles. The van der Waals surface area contributed by atoms with Crippen molar-refractivity contribution < 1.29 is 22.6 Å². The van der Waals surface area contributed by atoms with E-state index in [1.807, 2.05) is 0 Å². The summed E-state index contributed by atoms with van der Waals surface area (Å²) in [5.41, 5.74) is 0.196. The fraction of sp³-hybridized carbons (Fsp3) is 0.263. The first kappa shape index (κ1) is 22.7. The lowest BCUT2D eigenvalue weighted by Gasteiger charge is -2.18. The Balaban J connectivity index is 1.81. The molecule has 3 aromatic rings. The van der Waals surface area contributed by atoms with Crippen molar-refractivity contribution in [3.63, 3.8) is 0 Å². The van der Waals surface area contributed by atoms with E-state index in [0.717, 1.165) is 6.07 Å². The van der Waals surface area contributed by atoms with E-state index in [1.54, 1.807) is 38.1 Å². The number of halogens is 1. The molecule has 1 heterocycles. The molecule has 12 heteroatoms. The predicted octanol–water partition coefficient (Wildman–Crippen LogP) is 3.91. The summed E-state index contributed by atoms with van der Waals surface area (Å²) in [5.74, 6) is 0.291. The van der Waals surface area contributed by atoms with Gasteiger partial charge in [-0.2, -0.15) is 9.29 Å². The van der Waals surface area contributed by atoms with Crippen LogP contribution in [-0.2, 0) is 16.6 Å². The molecule has 2 aromatic carbocycles. The molecule has 0 aliphatic carbocycles. The highest BCUT2D eigenvalue weighted by Crippen LogP contribution is 2.31. The lowest BCUT2D eigenvalue weighted by molar-refractivity contribution is -0.386. The molecule has 0 N–H and O–H groups in total. The molecule has 0 atom stereocenters. The maximum atomic E-state index is 12.6. The maximum absolute atomic E-state index is 12.6. The molecule has 0 saturated carbocycles. The Labute approximate surface area is 183 Å². The molecule has 0 amide bonds. The van der Waals surface area contributed by atoms with Crippen LogP contribution in [0.25, 0.3) is 11.4 Å². The van der Waals surface area contributed by atoms with Crippen LogP contribution in [0.15, 0.2) is 51.9 Å². The van der Waals surface area contributed by atoms with Crippen molar-refractivity contribution in [1.82, 2.24) is 14.4 Å². The van der Waals surface area contributed by atoms with Crippen molar-refractivity contribution in [2.75, 3.05) is 13.1 Å². The lowest BCUT2D eigenvalue weighted by atomic mass is 10.2. The number of nitrogens with zero attached hydrogens (tertiary/aromatic N) is 4. The van der Waals surface area contributed by atoms with Crippen molar-refractivity contribution in [2.45, 2.75) is 25.3 Å². The molecular weight excluding hydrogens is 448 g/mol. The van der Waals surface area contributed by atoms with Crippen molar-refractivity contribution in [2.24, 2.45) is 0 Å². The molecular formula is C19H19ClN4O6S. The van der Waals surface area contributed by atoms with Crippen molar-refractivity contribution in [3.8, 4) is 17.1 Å². The van der Waals surface area contributed by atoms with Gasteiger partial charge in [0, 0.05) is 29.7 Å². The first-order chi connectivity index (χ1) is 14.8. The summed E-state index contributed by atoms with van der Waals surface area (Å²) in [5, 5.41) is 15.9. The van der Waals surface area contributed by atoms with E-state index in [9.17, 15) is 18.5 Å². The molecule has 0 bridgehead atoms. The monoisotopic (exact) mass is 466 g/mol. The van der Waals surface area contributed by atoms with Crippen LogP contribution in [0.4, 0.5) is 5.69 Å². The molecule has 0 aliphatic heterocycles. The van der Waals surface area contributed by atoms with Gasteiger partial charge in [0.05, 0.1) is 9.82 Å². The molecule has 0 fully saturated rings. The van der Waals surface area contributed by atoms with Crippen LogP contribution in [0.1, 0.15) is 19.7 Å². The highest BCUT2D eigenvalue weighted by Gasteiger charge is 2.26. The minimum absolute atomic E-state index is 0.0964. The summed E-state index contributed by atoms with van der Waals surface area (Å²) in [4.78, 5) is 14.8. The zero-order valence-corrected chi connectivity index (χ0v) is 18.3. The van der Waals surface area contributed by atoms with Gasteiger partial charge in [-0.1, -0.05) is 30.6 Å². The molecule has 1 aromatic heterocycles. The zero-order valence-electron chi connectivity index (χ0n) is 16.7. The molecule has 0 unspecified atom stereocenters. The summed E-state index contributed by atoms with van der Waals surface area (Å²) in [6.07, 6.45) is 0. The second-order valence-corrected chi connectivity index (χ2v) is 8.66. The van der Waals surface area contributed by atoms with E-state index in [1.165, 1.54) is 16.4 Å². The zero-order chi connectivity index (χ0) is 22.6. The number of ether oxygens (including phenoxy) is 1. The van der Waals surface area contributed by atoms with Gasteiger partial charge in [0.1, 0.15) is 0 Å². The van der Waals surface area contributed by atoms with Gasteiger partial charge in [-0.25, -0.2) is 8.42 Å². The highest BCUT2D eigenvalue weighted by molar-refractivity contribution is 7.89. The summed E-state index contributed by atoms with van der Waals surface area (Å²) in [6.45, 7) is 3.64. The number of rotatable bonds is 9. The van der Waals surface area contributed by atoms with Gasteiger partial charge in [-0.3, -0.25) is 10.1 Å². The fourth-order valence-electron chi connectivity index (χ4n) is 2.80. The molecule has 3 rings (SSSR count). The average Bonchev–Trinajstić information content (AvgIpc) is 3.22. The number of benzene rings is 2. The largest absolute Gasteiger partial charge is 0.477 e. The minimum atomic E-state index is -3.85. The molecule has 0 aliphatic rings. The van der Waals surface area contributed by atoms with Crippen LogP contribution in [-0.4, -0.2) is 40.9 Å². The number of hydrogen-bond acceptors (Lipinski definition) is 8. The third-order valence-electron chi connectivity index (χ3n) is 4.39. The van der Waals surface area contributed by atoms with Gasteiger partial charge in [0.25, 0.3) is 5.89 Å². The molecule has 164 valence electrons. The van der Waals surface area contributed by atoms with E-state index >= 15 is 0 Å². The van der Waals surface area contributed by atoms with Crippen molar-refractivity contribution >= 4 is 27.3 Å². The van der Waals surface area contributed by atoms with Crippen molar-refractivity contribution in [3.05, 3.63) is 63.5 Å². The van der Waals surface area contributed by atoms with Gasteiger partial charge in [0.2, 0.25) is 15.8 Å². The predicted molar refractivity (Wildman–Crippen MR) is 112 cm³/mol. The van der Waals surface area contributed by atoms with E-state index in [2.05, 4.69) is 10.1 Å². The second kappa shape index (κ2) is 9.41. The van der Waals surface area contributed by atoms with Crippen LogP contribution in [0.3, 0.4) is 0 Å². The summed E-state index contributed by atoms with van der Waals surface area (Å²) < 4.78 is 37.1. The molecule has 31 heavy (non-hydrogen) atoms. The van der Waals surface area contributed by atoms with Crippen LogP contribution in [0.2, 0.25) is 5.02 Å². The van der Waals surface area contributed by atoms with Gasteiger partial charge in [-0.15, -0.1) is 0 Å². The Morgan fingerprint density at radius 2 is 1.84 bits per heavy atom. The quantitative estimate of drug-likeness (QED) is 0.343. The number of sulfonamides is 1. The fourth-order valence-corrected chi connectivity index (χ4v) is 4.41. The first-order valence-corrected chi connectivity index (χ1v) is 11.1. The summed E-state index contributed by atoms with van der Waals surface area (Å²) in [7, 11) is -3.85. The van der Waals surface area contributed by atoms with Gasteiger partial charge >= 0.3 is 5.69 Å². The Morgan fingerprint density at radius 1 is 1.16 bits per heavy atom. The van der Waals surface area contributed by atoms with E-state index in [0.29, 0.717) is 16.4 Å². The van der Waals surface area contributed by atoms with E-state index in [4.69, 9.17) is 20.9 Å². The summed E-state index contributed by atoms with van der Waals surface area (Å²) in [6, 6.07) is 10.3.